The molecule has 4 heteroatoms. The fourth-order valence-electron chi connectivity index (χ4n) is 1.46. The minimum Gasteiger partial charge on any atom is -0.356 e. The van der Waals surface area contributed by atoms with Gasteiger partial charge in [-0.2, -0.15) is 0 Å². The molecule has 92 valence electrons. The average molecular weight is 224 g/mol. The zero-order valence-corrected chi connectivity index (χ0v) is 10.7. The molecule has 0 aliphatic carbocycles. The van der Waals surface area contributed by atoms with Crippen LogP contribution in [-0.2, 0) is 0 Å². The van der Waals surface area contributed by atoms with E-state index in [0.29, 0.717) is 0 Å². The first kappa shape index (κ1) is 12.7. The van der Waals surface area contributed by atoms with Crippen LogP contribution >= 0.6 is 0 Å². The third-order valence-electron chi connectivity index (χ3n) is 2.36. The number of fused-ring (bicyclic) bond motifs is 1. The minimum atomic E-state index is 0. The maximum atomic E-state index is 4.36. The molecule has 1 aliphatic rings. The second kappa shape index (κ2) is 6.30. The Morgan fingerprint density at radius 2 is 2.25 bits per heavy atom. The van der Waals surface area contributed by atoms with Crippen LogP contribution in [0.15, 0.2) is 11.3 Å². The molecule has 1 aromatic rings. The van der Waals surface area contributed by atoms with Gasteiger partial charge in [-0.1, -0.05) is 27.7 Å². The van der Waals surface area contributed by atoms with E-state index in [0.717, 1.165) is 30.0 Å². The van der Waals surface area contributed by atoms with Crippen molar-refractivity contribution in [2.24, 2.45) is 10.9 Å². The topological polar surface area (TPSA) is 44.3 Å². The summed E-state index contributed by atoms with van der Waals surface area (Å²) in [6.07, 6.45) is 5.00. The molecule has 0 aromatic carbocycles. The molecule has 0 atom stereocenters. The summed E-state index contributed by atoms with van der Waals surface area (Å²) in [5.74, 6) is 0.742. The Kier molecular flexibility index (Phi) is 5.02. The Bertz CT molecular complexity index is 410. The molecule has 2 heterocycles. The lowest BCUT2D eigenvalue weighted by atomic mass is 10.1. The van der Waals surface area contributed by atoms with Crippen LogP contribution in [0.1, 0.15) is 35.5 Å². The lowest BCUT2D eigenvalue weighted by molar-refractivity contribution is 0.374. The van der Waals surface area contributed by atoms with E-state index in [1.165, 1.54) is 6.42 Å². The highest BCUT2D eigenvalue weighted by molar-refractivity contribution is 5.16. The van der Waals surface area contributed by atoms with Gasteiger partial charge in [-0.3, -0.25) is 0 Å². The van der Waals surface area contributed by atoms with Crippen LogP contribution < -0.4 is 10.8 Å². The summed E-state index contributed by atoms with van der Waals surface area (Å²) in [5.41, 5.74) is 0.839. The van der Waals surface area contributed by atoms with Crippen LogP contribution in [0.3, 0.4) is 0 Å². The third kappa shape index (κ3) is 3.36. The van der Waals surface area contributed by atoms with Gasteiger partial charge in [0.2, 0.25) is 0 Å². The molecule has 0 spiro atoms. The summed E-state index contributed by atoms with van der Waals surface area (Å²) in [7, 11) is 0. The molecule has 16 heavy (non-hydrogen) atoms. The van der Waals surface area contributed by atoms with Crippen LogP contribution in [0.5, 0.6) is 0 Å². The first-order valence-corrected chi connectivity index (χ1v) is 6.05. The van der Waals surface area contributed by atoms with Crippen LogP contribution in [-0.4, -0.2) is 28.1 Å². The van der Waals surface area contributed by atoms with Crippen LogP contribution in [0.4, 0.5) is 0 Å². The minimum absolute atomic E-state index is 0. The van der Waals surface area contributed by atoms with Gasteiger partial charge in [0.25, 0.3) is 0 Å². The summed E-state index contributed by atoms with van der Waals surface area (Å²) in [4.78, 5) is 13.8. The lowest BCUT2D eigenvalue weighted by Crippen LogP contribution is -2.36. The third-order valence-corrected chi connectivity index (χ3v) is 2.36. The first-order chi connectivity index (χ1) is 7.75. The molecular weight excluding hydrogens is 200 g/mol. The van der Waals surface area contributed by atoms with Crippen molar-refractivity contribution < 1.29 is 1.43 Å². The smallest absolute Gasteiger partial charge is 0.176 e. The molecule has 2 rings (SSSR count). The van der Waals surface area contributed by atoms with Gasteiger partial charge in [0.1, 0.15) is 12.0 Å². The van der Waals surface area contributed by atoms with Gasteiger partial charge >= 0.3 is 0 Å². The van der Waals surface area contributed by atoms with Crippen LogP contribution in [0.2, 0.25) is 0 Å². The number of rotatable bonds is 3. The molecule has 1 aromatic heterocycles. The van der Waals surface area contributed by atoms with Crippen molar-refractivity contribution in [1.29, 1.82) is 0 Å². The summed E-state index contributed by atoms with van der Waals surface area (Å²) >= 11 is 0. The van der Waals surface area contributed by atoms with Crippen LogP contribution in [0.25, 0.3) is 6.20 Å². The quantitative estimate of drug-likeness (QED) is 0.842. The molecule has 0 saturated carbocycles. The van der Waals surface area contributed by atoms with Crippen molar-refractivity contribution in [3.05, 3.63) is 17.2 Å². The number of aromatic amines is 1. The Balaban J connectivity index is 0.000000811. The van der Waals surface area contributed by atoms with Crippen molar-refractivity contribution in [1.82, 2.24) is 14.9 Å². The van der Waals surface area contributed by atoms with E-state index >= 15 is 0 Å². The van der Waals surface area contributed by atoms with Crippen molar-refractivity contribution in [3.63, 3.8) is 0 Å². The van der Waals surface area contributed by atoms with Gasteiger partial charge in [-0.25, -0.2) is 9.98 Å². The van der Waals surface area contributed by atoms with Gasteiger partial charge in [0.05, 0.1) is 6.33 Å². The number of nitrogens with zero attached hydrogens (tertiary/aromatic N) is 3. The standard InChI is InChI=1S/C10H16N4.C2H6.H2/c1-8(2)3-4-14-5-9-10(13-7-14)12-6-11-9;1-2;/h5-6,8H,3-4,7H2,1-2H3,(H,11,12,13);1-2H3;1H. The molecule has 0 fully saturated rings. The number of imidazole rings is 1. The highest BCUT2D eigenvalue weighted by Gasteiger charge is 2.05. The van der Waals surface area contributed by atoms with E-state index in [-0.39, 0.29) is 1.43 Å². The van der Waals surface area contributed by atoms with Crippen molar-refractivity contribution >= 4 is 6.20 Å². The molecule has 1 aliphatic heterocycles. The van der Waals surface area contributed by atoms with Crippen molar-refractivity contribution in [2.45, 2.75) is 34.1 Å². The molecule has 0 amide bonds. The van der Waals surface area contributed by atoms with Crippen LogP contribution in [0, 0.1) is 5.92 Å². The van der Waals surface area contributed by atoms with E-state index in [1.807, 2.05) is 13.8 Å². The summed E-state index contributed by atoms with van der Waals surface area (Å²) in [6, 6.07) is 0. The van der Waals surface area contributed by atoms with E-state index in [1.54, 1.807) is 6.33 Å². The van der Waals surface area contributed by atoms with Crippen molar-refractivity contribution in [3.8, 4) is 0 Å². The molecule has 0 unspecified atom stereocenters. The van der Waals surface area contributed by atoms with Gasteiger partial charge in [-0.05, 0) is 12.3 Å². The average Bonchev–Trinajstić information content (AvgIpc) is 2.76. The summed E-state index contributed by atoms with van der Waals surface area (Å²) in [5, 5.41) is 1.03. The van der Waals surface area contributed by atoms with E-state index < -0.39 is 0 Å². The van der Waals surface area contributed by atoms with Gasteiger partial charge in [0.15, 0.2) is 5.49 Å². The number of hydrogen-bond acceptors (Lipinski definition) is 3. The predicted octanol–water partition coefficient (Wildman–Crippen LogP) is 1.36. The second-order valence-corrected chi connectivity index (χ2v) is 4.06. The fraction of sp³-hybridized carbons (Fsp3) is 0.667. The molecule has 0 saturated heterocycles. The summed E-state index contributed by atoms with van der Waals surface area (Å²) < 4.78 is 0. The van der Waals surface area contributed by atoms with E-state index in [2.05, 4.69) is 39.9 Å². The maximum absolute atomic E-state index is 4.36. The number of hydrogen-bond donors (Lipinski definition) is 1. The number of H-pyrrole nitrogens is 1. The fourth-order valence-corrected chi connectivity index (χ4v) is 1.46. The van der Waals surface area contributed by atoms with Gasteiger partial charge in [0, 0.05) is 14.2 Å². The zero-order valence-electron chi connectivity index (χ0n) is 10.7. The van der Waals surface area contributed by atoms with E-state index in [9.17, 15) is 0 Å². The van der Waals surface area contributed by atoms with E-state index in [4.69, 9.17) is 0 Å². The number of nitrogens with one attached hydrogen (secondary N) is 1. The maximum Gasteiger partial charge on any atom is 0.176 e. The molecule has 1 N–H and O–H groups in total. The Morgan fingerprint density at radius 1 is 1.50 bits per heavy atom. The highest BCUT2D eigenvalue weighted by Crippen LogP contribution is 2.02. The predicted molar refractivity (Wildman–Crippen MR) is 68.3 cm³/mol. The Morgan fingerprint density at radius 3 is 2.94 bits per heavy atom. The lowest BCUT2D eigenvalue weighted by Gasteiger charge is -2.20. The monoisotopic (exact) mass is 224 g/mol. The normalized spacial score (nSPS) is 13.4. The second-order valence-electron chi connectivity index (χ2n) is 4.06. The SMILES string of the molecule is CC.CC(C)CCN1C=c2[nH]cnc2=NC1.[HH]. The number of aromatic nitrogens is 2. The van der Waals surface area contributed by atoms with Gasteiger partial charge < -0.3 is 9.88 Å². The Hall–Kier alpha value is -1.32. The largest absolute Gasteiger partial charge is 0.356 e. The first-order valence-electron chi connectivity index (χ1n) is 6.05. The van der Waals surface area contributed by atoms with Gasteiger partial charge in [-0.15, -0.1) is 0 Å². The highest BCUT2D eigenvalue weighted by atomic mass is 15.2. The molecular formula is C12H24N4. The molecule has 0 bridgehead atoms. The molecule has 0 radical (unpaired) electrons. The van der Waals surface area contributed by atoms with Crippen molar-refractivity contribution in [2.75, 3.05) is 13.2 Å². The zero-order chi connectivity index (χ0) is 12.0. The molecule has 4 nitrogen and oxygen atoms in total. The summed E-state index contributed by atoms with van der Waals surface area (Å²) in [6.45, 7) is 10.3. The Labute approximate surface area is 98.6 Å².